The lowest BCUT2D eigenvalue weighted by Crippen LogP contribution is -2.13. The molecule has 0 bridgehead atoms. The number of hydrogen-bond donors (Lipinski definition) is 0. The fourth-order valence-corrected chi connectivity index (χ4v) is 9.18. The molecule has 0 aliphatic rings. The van der Waals surface area contributed by atoms with E-state index in [4.69, 9.17) is 9.40 Å². The molecule has 0 atom stereocenters. The predicted octanol–water partition coefficient (Wildman–Crippen LogP) is 15.8. The molecule has 10 aromatic carbocycles. The topological polar surface area (TPSA) is 37.4 Å². The molecule has 0 fully saturated rings. The first-order chi connectivity index (χ1) is 30.8. The molecule has 0 aliphatic heterocycles. The van der Waals surface area contributed by atoms with Crippen LogP contribution in [0.1, 0.15) is 0 Å². The summed E-state index contributed by atoms with van der Waals surface area (Å²) in [6, 6.07) is 81.5. The Morgan fingerprint density at radius 3 is 1.48 bits per heavy atom. The molecule has 2 aromatic heterocycles. The van der Waals surface area contributed by atoms with Gasteiger partial charge in [0.15, 0.2) is 5.58 Å². The number of fused-ring (bicyclic) bond motifs is 9. The largest absolute Gasteiger partial charge is 0.435 e. The van der Waals surface area contributed by atoms with Crippen LogP contribution in [0.25, 0.3) is 71.6 Å². The van der Waals surface area contributed by atoms with Gasteiger partial charge < -0.3 is 18.8 Å². The molecule has 0 amide bonds. The molecule has 5 heteroatoms. The van der Waals surface area contributed by atoms with Gasteiger partial charge in [-0.25, -0.2) is 4.98 Å². The van der Waals surface area contributed by atoms with E-state index in [0.717, 1.165) is 78.2 Å². The number of hydrogen-bond acceptors (Lipinski definition) is 4. The molecule has 292 valence electrons. The van der Waals surface area contributed by atoms with Gasteiger partial charge in [0.2, 0.25) is 5.89 Å². The summed E-state index contributed by atoms with van der Waals surface area (Å²) in [5.74, 6) is 0.595. The van der Waals surface area contributed by atoms with Crippen molar-refractivity contribution in [1.82, 2.24) is 9.55 Å². The standard InChI is InChI=1S/C57H38N4O/c1-4-17-40(18-5-1)59(41-19-6-2-7-20-41)44-23-16-24-45(37-44)60(46-35-36-54-52(38-46)49-27-14-15-30-53(49)61(54)42-21-8-3-9-22-42)43-33-31-39(32-34-43)57-58-55-50-28-12-10-25-47(50)48-26-11-13-29-51(48)56(55)62-57/h1-38H. The number of rotatable bonds is 8. The van der Waals surface area contributed by atoms with Gasteiger partial charge in [-0.2, -0.15) is 0 Å². The lowest BCUT2D eigenvalue weighted by atomic mass is 10.0. The summed E-state index contributed by atoms with van der Waals surface area (Å²) in [7, 11) is 0. The van der Waals surface area contributed by atoms with Crippen LogP contribution in [0, 0.1) is 0 Å². The van der Waals surface area contributed by atoms with E-state index in [1.807, 2.05) is 0 Å². The number of anilines is 6. The van der Waals surface area contributed by atoms with Gasteiger partial charge in [0.1, 0.15) is 5.52 Å². The molecule has 0 unspecified atom stereocenters. The zero-order valence-corrected chi connectivity index (χ0v) is 33.6. The summed E-state index contributed by atoms with van der Waals surface area (Å²) < 4.78 is 9.03. The SMILES string of the molecule is c1ccc(N(c2ccccc2)c2cccc(N(c3ccc(-c4nc5c6ccccc6c6ccccc6c5o4)cc3)c3ccc4c(c3)c3ccccc3n4-c3ccccc3)c2)cc1. The van der Waals surface area contributed by atoms with Crippen LogP contribution in [-0.4, -0.2) is 9.55 Å². The first-order valence-electron chi connectivity index (χ1n) is 21.0. The van der Waals surface area contributed by atoms with E-state index in [9.17, 15) is 0 Å². The van der Waals surface area contributed by atoms with Gasteiger partial charge in [0.05, 0.1) is 11.0 Å². The molecule has 5 nitrogen and oxygen atoms in total. The molecule has 12 aromatic rings. The van der Waals surface area contributed by atoms with Crippen LogP contribution >= 0.6 is 0 Å². The van der Waals surface area contributed by atoms with Crippen molar-refractivity contribution < 1.29 is 4.42 Å². The van der Waals surface area contributed by atoms with E-state index >= 15 is 0 Å². The summed E-state index contributed by atoms with van der Waals surface area (Å²) in [5.41, 5.74) is 12.3. The summed E-state index contributed by atoms with van der Waals surface area (Å²) in [6.45, 7) is 0. The predicted molar refractivity (Wildman–Crippen MR) is 258 cm³/mol. The van der Waals surface area contributed by atoms with Crippen molar-refractivity contribution in [3.05, 3.63) is 231 Å². The number of aromatic nitrogens is 2. The first kappa shape index (κ1) is 35.5. The Labute approximate surface area is 358 Å². The van der Waals surface area contributed by atoms with Crippen molar-refractivity contribution in [3.63, 3.8) is 0 Å². The quantitative estimate of drug-likeness (QED) is 0.144. The highest BCUT2D eigenvalue weighted by Crippen LogP contribution is 2.44. The van der Waals surface area contributed by atoms with E-state index in [2.05, 4.69) is 245 Å². The number of para-hydroxylation sites is 4. The molecular weight excluding hydrogens is 757 g/mol. The third-order valence-electron chi connectivity index (χ3n) is 11.9. The van der Waals surface area contributed by atoms with Crippen molar-refractivity contribution in [3.8, 4) is 17.1 Å². The van der Waals surface area contributed by atoms with E-state index in [1.54, 1.807) is 0 Å². The zero-order valence-electron chi connectivity index (χ0n) is 33.6. The second kappa shape index (κ2) is 14.7. The monoisotopic (exact) mass is 794 g/mol. The summed E-state index contributed by atoms with van der Waals surface area (Å²) in [6.07, 6.45) is 0. The van der Waals surface area contributed by atoms with Gasteiger partial charge in [-0.1, -0.05) is 127 Å². The van der Waals surface area contributed by atoms with Crippen LogP contribution in [0.3, 0.4) is 0 Å². The molecule has 0 spiro atoms. The summed E-state index contributed by atoms with van der Waals surface area (Å²) in [4.78, 5) is 9.80. The van der Waals surface area contributed by atoms with E-state index < -0.39 is 0 Å². The Balaban J connectivity index is 1.03. The average Bonchev–Trinajstić information content (AvgIpc) is 3.94. The molecule has 0 saturated carbocycles. The van der Waals surface area contributed by atoms with Crippen LogP contribution in [0.5, 0.6) is 0 Å². The van der Waals surface area contributed by atoms with E-state index in [0.29, 0.717) is 5.89 Å². The second-order valence-corrected chi connectivity index (χ2v) is 15.6. The smallest absolute Gasteiger partial charge is 0.227 e. The van der Waals surface area contributed by atoms with Crippen molar-refractivity contribution in [1.29, 1.82) is 0 Å². The van der Waals surface area contributed by atoms with Crippen molar-refractivity contribution in [2.75, 3.05) is 9.80 Å². The average molecular weight is 795 g/mol. The summed E-state index contributed by atoms with van der Waals surface area (Å²) >= 11 is 0. The molecular formula is C57H38N4O. The maximum atomic E-state index is 6.67. The minimum atomic E-state index is 0.595. The minimum absolute atomic E-state index is 0.595. The van der Waals surface area contributed by atoms with Gasteiger partial charge in [-0.15, -0.1) is 0 Å². The van der Waals surface area contributed by atoms with E-state index in [-0.39, 0.29) is 0 Å². The van der Waals surface area contributed by atoms with Gasteiger partial charge in [0, 0.05) is 66.9 Å². The van der Waals surface area contributed by atoms with Gasteiger partial charge in [-0.05, 0) is 114 Å². The van der Waals surface area contributed by atoms with E-state index in [1.165, 1.54) is 21.7 Å². The first-order valence-corrected chi connectivity index (χ1v) is 21.0. The highest BCUT2D eigenvalue weighted by atomic mass is 16.3. The fourth-order valence-electron chi connectivity index (χ4n) is 9.18. The zero-order chi connectivity index (χ0) is 41.0. The van der Waals surface area contributed by atoms with Gasteiger partial charge >= 0.3 is 0 Å². The lowest BCUT2D eigenvalue weighted by molar-refractivity contribution is 0.623. The molecule has 0 N–H and O–H groups in total. The molecule has 12 rings (SSSR count). The number of nitrogens with zero attached hydrogens (tertiary/aromatic N) is 4. The van der Waals surface area contributed by atoms with Crippen molar-refractivity contribution in [2.24, 2.45) is 0 Å². The normalized spacial score (nSPS) is 11.5. The van der Waals surface area contributed by atoms with Crippen molar-refractivity contribution in [2.45, 2.75) is 0 Å². The maximum Gasteiger partial charge on any atom is 0.227 e. The highest BCUT2D eigenvalue weighted by molar-refractivity contribution is 6.22. The molecule has 2 heterocycles. The molecule has 0 aliphatic carbocycles. The Bertz CT molecular complexity index is 3470. The Kier molecular flexibility index (Phi) is 8.42. The van der Waals surface area contributed by atoms with Gasteiger partial charge in [0.25, 0.3) is 0 Å². The number of benzene rings is 10. The summed E-state index contributed by atoms with van der Waals surface area (Å²) in [5, 5.41) is 6.86. The Morgan fingerprint density at radius 2 is 0.806 bits per heavy atom. The maximum absolute atomic E-state index is 6.67. The number of oxazole rings is 1. The fraction of sp³-hybridized carbons (Fsp3) is 0. The van der Waals surface area contributed by atoms with Crippen LogP contribution < -0.4 is 9.80 Å². The van der Waals surface area contributed by atoms with Crippen LogP contribution in [0.2, 0.25) is 0 Å². The van der Waals surface area contributed by atoms with Crippen LogP contribution in [0.4, 0.5) is 34.1 Å². The Hall–Kier alpha value is -8.41. The molecule has 62 heavy (non-hydrogen) atoms. The van der Waals surface area contributed by atoms with Crippen molar-refractivity contribution >= 4 is 88.6 Å². The minimum Gasteiger partial charge on any atom is -0.435 e. The second-order valence-electron chi connectivity index (χ2n) is 15.6. The lowest BCUT2D eigenvalue weighted by Gasteiger charge is -2.29. The van der Waals surface area contributed by atoms with Crippen LogP contribution in [-0.2, 0) is 0 Å². The molecule has 0 radical (unpaired) electrons. The Morgan fingerprint density at radius 1 is 0.339 bits per heavy atom. The third kappa shape index (κ3) is 5.90. The van der Waals surface area contributed by atoms with Crippen LogP contribution in [0.15, 0.2) is 235 Å². The third-order valence-corrected chi connectivity index (χ3v) is 11.9. The molecule has 0 saturated heterocycles. The van der Waals surface area contributed by atoms with Gasteiger partial charge in [-0.3, -0.25) is 0 Å². The highest BCUT2D eigenvalue weighted by Gasteiger charge is 2.21.